The molecule has 7 heteroatoms. The van der Waals surface area contributed by atoms with E-state index in [1.54, 1.807) is 6.20 Å². The molecule has 1 aliphatic heterocycles. The van der Waals surface area contributed by atoms with Crippen molar-refractivity contribution >= 4 is 5.91 Å². The molecule has 0 spiro atoms. The van der Waals surface area contributed by atoms with Gasteiger partial charge >= 0.3 is 0 Å². The van der Waals surface area contributed by atoms with Crippen molar-refractivity contribution in [1.82, 2.24) is 29.9 Å². The normalized spacial score (nSPS) is 18.9. The Bertz CT molecular complexity index is 1020. The number of amides is 1. The summed E-state index contributed by atoms with van der Waals surface area (Å²) in [6.45, 7) is 5.75. The molecular weight excluding hydrogens is 364 g/mol. The van der Waals surface area contributed by atoms with Crippen molar-refractivity contribution in [3.8, 4) is 11.1 Å². The average Bonchev–Trinajstić information content (AvgIpc) is 3.25. The summed E-state index contributed by atoms with van der Waals surface area (Å²) in [5, 5.41) is 11.6. The van der Waals surface area contributed by atoms with Crippen LogP contribution in [0.3, 0.4) is 0 Å². The fourth-order valence-corrected chi connectivity index (χ4v) is 4.12. The summed E-state index contributed by atoms with van der Waals surface area (Å²) in [7, 11) is 0. The van der Waals surface area contributed by atoms with Crippen LogP contribution in [0, 0.1) is 5.92 Å². The molecule has 0 bridgehead atoms. The Morgan fingerprint density at radius 1 is 1.24 bits per heavy atom. The van der Waals surface area contributed by atoms with Crippen LogP contribution in [0.5, 0.6) is 0 Å². The van der Waals surface area contributed by atoms with Crippen molar-refractivity contribution in [1.29, 1.82) is 0 Å². The molecule has 1 N–H and O–H groups in total. The number of aromatic amines is 1. The van der Waals surface area contributed by atoms with Gasteiger partial charge in [-0.15, -0.1) is 0 Å². The van der Waals surface area contributed by atoms with E-state index in [-0.39, 0.29) is 11.9 Å². The molecule has 7 nitrogen and oxygen atoms in total. The van der Waals surface area contributed by atoms with Crippen molar-refractivity contribution in [2.45, 2.75) is 51.6 Å². The number of fused-ring (bicyclic) bond motifs is 1. The Labute approximate surface area is 170 Å². The topological polar surface area (TPSA) is 79.7 Å². The van der Waals surface area contributed by atoms with Gasteiger partial charge in [0.25, 0.3) is 5.91 Å². The lowest BCUT2D eigenvalue weighted by Crippen LogP contribution is -2.43. The third-order valence-electron chi connectivity index (χ3n) is 5.78. The maximum atomic E-state index is 13.5. The fraction of sp³-hybridized carbons (Fsp3) is 0.455. The molecule has 5 rings (SSSR count). The largest absolute Gasteiger partial charge is 0.327 e. The summed E-state index contributed by atoms with van der Waals surface area (Å²) in [6, 6.07) is 7.75. The van der Waals surface area contributed by atoms with E-state index in [1.165, 1.54) is 12.8 Å². The fourth-order valence-electron chi connectivity index (χ4n) is 4.12. The van der Waals surface area contributed by atoms with Crippen molar-refractivity contribution in [3.63, 3.8) is 0 Å². The van der Waals surface area contributed by atoms with E-state index in [0.717, 1.165) is 29.2 Å². The van der Waals surface area contributed by atoms with E-state index in [9.17, 15) is 4.79 Å². The van der Waals surface area contributed by atoms with Crippen molar-refractivity contribution in [3.05, 3.63) is 53.9 Å². The first kappa shape index (κ1) is 18.1. The quantitative estimate of drug-likeness (QED) is 0.719. The smallest absolute Gasteiger partial charge is 0.254 e. The third kappa shape index (κ3) is 3.45. The van der Waals surface area contributed by atoms with Gasteiger partial charge < -0.3 is 4.90 Å². The molecule has 1 saturated carbocycles. The number of carbonyl (C=O) groups excluding carboxylic acids is 1. The minimum atomic E-state index is -0.0335. The summed E-state index contributed by atoms with van der Waals surface area (Å²) in [4.78, 5) is 20.4. The van der Waals surface area contributed by atoms with Crippen LogP contribution in [0.1, 0.15) is 67.1 Å². The molecule has 0 unspecified atom stereocenters. The molecule has 0 radical (unpaired) electrons. The molecule has 1 aromatic carbocycles. The van der Waals surface area contributed by atoms with Gasteiger partial charge in [0.05, 0.1) is 18.8 Å². The van der Waals surface area contributed by atoms with Crippen LogP contribution in [-0.4, -0.2) is 42.3 Å². The van der Waals surface area contributed by atoms with Gasteiger partial charge in [-0.1, -0.05) is 26.0 Å². The van der Waals surface area contributed by atoms with Crippen LogP contribution in [0.4, 0.5) is 0 Å². The van der Waals surface area contributed by atoms with Gasteiger partial charge in [0.15, 0.2) is 5.82 Å². The van der Waals surface area contributed by atoms with Gasteiger partial charge in [0.2, 0.25) is 0 Å². The SMILES string of the molecule is CC(C)C[C@H]1c2nc(C3CC3)nn2CCN1C(=O)c1cccc(-c2cn[nH]c2)c1. The van der Waals surface area contributed by atoms with Crippen LogP contribution >= 0.6 is 0 Å². The van der Waals surface area contributed by atoms with Crippen molar-refractivity contribution in [2.75, 3.05) is 6.54 Å². The summed E-state index contributed by atoms with van der Waals surface area (Å²) < 4.78 is 2.03. The Balaban J connectivity index is 1.47. The van der Waals surface area contributed by atoms with Crippen LogP contribution < -0.4 is 0 Å². The standard InChI is InChI=1S/C22H26N6O/c1-14(2)10-19-21-25-20(15-6-7-15)26-28(21)9-8-27(19)22(29)17-5-3-4-16(11-17)18-12-23-24-13-18/h3-5,11-15,19H,6-10H2,1-2H3,(H,23,24)/t19-/m0/s1. The maximum Gasteiger partial charge on any atom is 0.254 e. The first-order valence-corrected chi connectivity index (χ1v) is 10.4. The van der Waals surface area contributed by atoms with E-state index < -0.39 is 0 Å². The summed E-state index contributed by atoms with van der Waals surface area (Å²) in [6.07, 6.45) is 6.86. The third-order valence-corrected chi connectivity index (χ3v) is 5.78. The minimum Gasteiger partial charge on any atom is -0.327 e. The Morgan fingerprint density at radius 2 is 2.10 bits per heavy atom. The molecule has 2 aliphatic rings. The molecule has 29 heavy (non-hydrogen) atoms. The highest BCUT2D eigenvalue weighted by Crippen LogP contribution is 2.40. The zero-order valence-electron chi connectivity index (χ0n) is 16.9. The number of nitrogens with zero attached hydrogens (tertiary/aromatic N) is 5. The van der Waals surface area contributed by atoms with Gasteiger partial charge in [-0.05, 0) is 42.9 Å². The van der Waals surface area contributed by atoms with Gasteiger partial charge in [-0.2, -0.15) is 10.2 Å². The molecule has 3 aromatic rings. The molecule has 1 fully saturated rings. The minimum absolute atomic E-state index is 0.0335. The molecular formula is C22H26N6O. The average molecular weight is 390 g/mol. The summed E-state index contributed by atoms with van der Waals surface area (Å²) >= 11 is 0. The van der Waals surface area contributed by atoms with Crippen LogP contribution in [0.15, 0.2) is 36.7 Å². The van der Waals surface area contributed by atoms with Crippen LogP contribution in [0.25, 0.3) is 11.1 Å². The molecule has 3 heterocycles. The van der Waals surface area contributed by atoms with E-state index in [0.29, 0.717) is 30.5 Å². The highest BCUT2D eigenvalue weighted by Gasteiger charge is 2.37. The number of H-pyrrole nitrogens is 1. The van der Waals surface area contributed by atoms with Crippen molar-refractivity contribution < 1.29 is 4.79 Å². The first-order valence-electron chi connectivity index (χ1n) is 10.4. The predicted molar refractivity (Wildman–Crippen MR) is 109 cm³/mol. The van der Waals surface area contributed by atoms with Gasteiger partial charge in [-0.25, -0.2) is 9.67 Å². The van der Waals surface area contributed by atoms with Gasteiger partial charge in [0, 0.05) is 29.8 Å². The van der Waals surface area contributed by atoms with E-state index in [2.05, 4.69) is 24.0 Å². The Kier molecular flexibility index (Phi) is 4.45. The van der Waals surface area contributed by atoms with Crippen molar-refractivity contribution in [2.24, 2.45) is 5.92 Å². The van der Waals surface area contributed by atoms with E-state index >= 15 is 0 Å². The number of aromatic nitrogens is 5. The van der Waals surface area contributed by atoms with E-state index in [4.69, 9.17) is 10.1 Å². The molecule has 2 aromatic heterocycles. The number of rotatable bonds is 5. The lowest BCUT2D eigenvalue weighted by atomic mass is 9.98. The second-order valence-electron chi connectivity index (χ2n) is 8.54. The monoisotopic (exact) mass is 390 g/mol. The zero-order valence-corrected chi connectivity index (χ0v) is 16.9. The second-order valence-corrected chi connectivity index (χ2v) is 8.54. The Hall–Kier alpha value is -2.96. The van der Waals surface area contributed by atoms with E-state index in [1.807, 2.05) is 40.0 Å². The second kappa shape index (κ2) is 7.13. The maximum absolute atomic E-state index is 13.5. The number of nitrogens with one attached hydrogen (secondary N) is 1. The number of benzene rings is 1. The molecule has 1 atom stereocenters. The summed E-state index contributed by atoms with van der Waals surface area (Å²) in [5.41, 5.74) is 2.67. The molecule has 150 valence electrons. The summed E-state index contributed by atoms with van der Waals surface area (Å²) in [5.74, 6) is 2.95. The number of hydrogen-bond acceptors (Lipinski definition) is 4. The van der Waals surface area contributed by atoms with Crippen LogP contribution in [-0.2, 0) is 6.54 Å². The molecule has 1 amide bonds. The lowest BCUT2D eigenvalue weighted by molar-refractivity contribution is 0.0578. The van der Waals surface area contributed by atoms with Crippen LogP contribution in [0.2, 0.25) is 0 Å². The molecule has 0 saturated heterocycles. The number of carbonyl (C=O) groups is 1. The molecule has 1 aliphatic carbocycles. The highest BCUT2D eigenvalue weighted by atomic mass is 16.2. The predicted octanol–water partition coefficient (Wildman–Crippen LogP) is 3.79. The van der Waals surface area contributed by atoms with Gasteiger partial charge in [0.1, 0.15) is 5.82 Å². The lowest BCUT2D eigenvalue weighted by Gasteiger charge is -2.36. The van der Waals surface area contributed by atoms with Gasteiger partial charge in [-0.3, -0.25) is 9.89 Å². The number of hydrogen-bond donors (Lipinski definition) is 1. The first-order chi connectivity index (χ1) is 14.1. The zero-order chi connectivity index (χ0) is 20.0. The Morgan fingerprint density at radius 3 is 2.83 bits per heavy atom. The highest BCUT2D eigenvalue weighted by molar-refractivity contribution is 5.95.